The number of rotatable bonds is 3. The minimum absolute atomic E-state index is 0.0573. The Morgan fingerprint density at radius 2 is 1.77 bits per heavy atom. The zero-order chi connectivity index (χ0) is 21.3. The van der Waals surface area contributed by atoms with E-state index in [0.717, 1.165) is 35.3 Å². The summed E-state index contributed by atoms with van der Waals surface area (Å²) in [6, 6.07) is 17.1. The van der Waals surface area contributed by atoms with Crippen molar-refractivity contribution in [3.05, 3.63) is 94.3 Å². The second-order valence-electron chi connectivity index (χ2n) is 7.64. The Morgan fingerprint density at radius 1 is 0.967 bits per heavy atom. The van der Waals surface area contributed by atoms with Gasteiger partial charge >= 0.3 is 0 Å². The molecule has 1 N–H and O–H groups in total. The molecule has 0 aromatic heterocycles. The van der Waals surface area contributed by atoms with Crippen molar-refractivity contribution < 1.29 is 14.0 Å². The van der Waals surface area contributed by atoms with Crippen LogP contribution in [0.1, 0.15) is 43.8 Å². The number of nitrogens with one attached hydrogen (secondary N) is 1. The standard InChI is InChI=1S/C25H23FN2O2/c1-16-9-11-20(14-17(16)2)27-24(29)19-10-12-23-18(15-19)6-5-13-28(23)25(30)21-7-3-4-8-22(21)26/h3-4,7-12,14-15H,5-6,13H2,1-2H3,(H,27,29). The Bertz CT molecular complexity index is 1140. The number of carbonyl (C=O) groups is 2. The van der Waals surface area contributed by atoms with E-state index in [1.165, 1.54) is 17.7 Å². The van der Waals surface area contributed by atoms with Crippen molar-refractivity contribution in [2.75, 3.05) is 16.8 Å². The summed E-state index contributed by atoms with van der Waals surface area (Å²) in [5.41, 5.74) is 5.27. The Balaban J connectivity index is 1.58. The number of hydrogen-bond donors (Lipinski definition) is 1. The number of benzene rings is 3. The molecule has 0 fully saturated rings. The van der Waals surface area contributed by atoms with Crippen molar-refractivity contribution in [3.8, 4) is 0 Å². The lowest BCUT2D eigenvalue weighted by molar-refractivity contribution is 0.0980. The fraction of sp³-hybridized carbons (Fsp3) is 0.200. The molecule has 4 nitrogen and oxygen atoms in total. The summed E-state index contributed by atoms with van der Waals surface area (Å²) >= 11 is 0. The number of halogens is 1. The van der Waals surface area contributed by atoms with Gasteiger partial charge in [-0.25, -0.2) is 4.39 Å². The molecule has 3 aromatic rings. The number of carbonyl (C=O) groups excluding carboxylic acids is 2. The average molecular weight is 402 g/mol. The van der Waals surface area contributed by atoms with Crippen molar-refractivity contribution in [1.82, 2.24) is 0 Å². The second-order valence-corrected chi connectivity index (χ2v) is 7.64. The first-order chi connectivity index (χ1) is 14.4. The van der Waals surface area contributed by atoms with E-state index in [1.807, 2.05) is 38.1 Å². The first-order valence-electron chi connectivity index (χ1n) is 10.0. The average Bonchev–Trinajstić information content (AvgIpc) is 2.75. The number of aryl methyl sites for hydroxylation is 3. The highest BCUT2D eigenvalue weighted by Crippen LogP contribution is 2.30. The summed E-state index contributed by atoms with van der Waals surface area (Å²) in [6.45, 7) is 4.55. The minimum atomic E-state index is -0.529. The van der Waals surface area contributed by atoms with Gasteiger partial charge in [-0.15, -0.1) is 0 Å². The largest absolute Gasteiger partial charge is 0.322 e. The molecule has 0 aliphatic carbocycles. The first-order valence-corrected chi connectivity index (χ1v) is 10.0. The van der Waals surface area contributed by atoms with Crippen molar-refractivity contribution >= 4 is 23.2 Å². The first kappa shape index (κ1) is 19.8. The number of amides is 2. The van der Waals surface area contributed by atoms with Crippen LogP contribution in [0.4, 0.5) is 15.8 Å². The predicted octanol–water partition coefficient (Wildman–Crippen LogP) is 5.29. The molecular weight excluding hydrogens is 379 g/mol. The summed E-state index contributed by atoms with van der Waals surface area (Å²) in [6.07, 6.45) is 1.52. The molecule has 0 saturated heterocycles. The van der Waals surface area contributed by atoms with Crippen LogP contribution in [0.15, 0.2) is 60.7 Å². The number of hydrogen-bond acceptors (Lipinski definition) is 2. The maximum Gasteiger partial charge on any atom is 0.261 e. The van der Waals surface area contributed by atoms with Crippen LogP contribution >= 0.6 is 0 Å². The normalized spacial score (nSPS) is 13.0. The van der Waals surface area contributed by atoms with Crippen LogP contribution < -0.4 is 10.2 Å². The smallest absolute Gasteiger partial charge is 0.261 e. The quantitative estimate of drug-likeness (QED) is 0.647. The third-order valence-electron chi connectivity index (χ3n) is 5.57. The molecular formula is C25H23FN2O2. The lowest BCUT2D eigenvalue weighted by Crippen LogP contribution is -2.36. The molecule has 0 saturated carbocycles. The van der Waals surface area contributed by atoms with E-state index in [4.69, 9.17) is 0 Å². The predicted molar refractivity (Wildman–Crippen MR) is 117 cm³/mol. The van der Waals surface area contributed by atoms with Gasteiger partial charge in [-0.05, 0) is 85.8 Å². The van der Waals surface area contributed by atoms with Crippen LogP contribution in [0.3, 0.4) is 0 Å². The zero-order valence-electron chi connectivity index (χ0n) is 17.0. The number of anilines is 2. The van der Waals surface area contributed by atoms with E-state index >= 15 is 0 Å². The van der Waals surface area contributed by atoms with Crippen molar-refractivity contribution in [1.29, 1.82) is 0 Å². The van der Waals surface area contributed by atoms with E-state index in [9.17, 15) is 14.0 Å². The van der Waals surface area contributed by atoms with Gasteiger partial charge in [0.2, 0.25) is 0 Å². The highest BCUT2D eigenvalue weighted by atomic mass is 19.1. The van der Waals surface area contributed by atoms with Crippen LogP contribution in [0.2, 0.25) is 0 Å². The topological polar surface area (TPSA) is 49.4 Å². The Hall–Kier alpha value is -3.47. The van der Waals surface area contributed by atoms with Gasteiger partial charge in [-0.3, -0.25) is 9.59 Å². The van der Waals surface area contributed by atoms with Gasteiger partial charge < -0.3 is 10.2 Å². The Labute approximate surface area is 175 Å². The minimum Gasteiger partial charge on any atom is -0.322 e. The van der Waals surface area contributed by atoms with Gasteiger partial charge in [-0.2, -0.15) is 0 Å². The van der Waals surface area contributed by atoms with Gasteiger partial charge in [0.25, 0.3) is 11.8 Å². The van der Waals surface area contributed by atoms with Crippen molar-refractivity contribution in [2.45, 2.75) is 26.7 Å². The van der Waals surface area contributed by atoms with E-state index in [0.29, 0.717) is 12.1 Å². The molecule has 0 bridgehead atoms. The van der Waals surface area contributed by atoms with E-state index in [1.54, 1.807) is 29.2 Å². The van der Waals surface area contributed by atoms with Gasteiger partial charge in [0.05, 0.1) is 5.56 Å². The van der Waals surface area contributed by atoms with E-state index < -0.39 is 5.82 Å². The highest BCUT2D eigenvalue weighted by molar-refractivity contribution is 6.08. The van der Waals surface area contributed by atoms with Gasteiger partial charge in [0, 0.05) is 23.5 Å². The molecule has 152 valence electrons. The Kier molecular flexibility index (Phi) is 5.36. The molecule has 1 aliphatic rings. The third-order valence-corrected chi connectivity index (χ3v) is 5.57. The van der Waals surface area contributed by atoms with Crippen LogP contribution in [0, 0.1) is 19.7 Å². The van der Waals surface area contributed by atoms with Crippen LogP contribution in [-0.4, -0.2) is 18.4 Å². The van der Waals surface area contributed by atoms with Crippen molar-refractivity contribution in [2.24, 2.45) is 0 Å². The SMILES string of the molecule is Cc1ccc(NC(=O)c2ccc3c(c2)CCCN3C(=O)c2ccccc2F)cc1C. The molecule has 0 atom stereocenters. The summed E-state index contributed by atoms with van der Waals surface area (Å²) in [4.78, 5) is 27.2. The number of fused-ring (bicyclic) bond motifs is 1. The van der Waals surface area contributed by atoms with Gasteiger partial charge in [0.15, 0.2) is 0 Å². The maximum atomic E-state index is 14.1. The Morgan fingerprint density at radius 3 is 2.53 bits per heavy atom. The molecule has 1 aliphatic heterocycles. The van der Waals surface area contributed by atoms with Crippen molar-refractivity contribution in [3.63, 3.8) is 0 Å². The molecule has 0 spiro atoms. The second kappa shape index (κ2) is 8.11. The van der Waals surface area contributed by atoms with Crippen LogP contribution in [-0.2, 0) is 6.42 Å². The molecule has 2 amide bonds. The van der Waals surface area contributed by atoms with E-state index in [2.05, 4.69) is 5.32 Å². The van der Waals surface area contributed by atoms with Crippen LogP contribution in [0.25, 0.3) is 0 Å². The molecule has 0 radical (unpaired) electrons. The lowest BCUT2D eigenvalue weighted by atomic mass is 9.98. The van der Waals surface area contributed by atoms with Crippen LogP contribution in [0.5, 0.6) is 0 Å². The molecule has 1 heterocycles. The summed E-state index contributed by atoms with van der Waals surface area (Å²) < 4.78 is 14.1. The monoisotopic (exact) mass is 402 g/mol. The molecule has 3 aromatic carbocycles. The zero-order valence-corrected chi connectivity index (χ0v) is 17.0. The molecule has 30 heavy (non-hydrogen) atoms. The number of nitrogens with zero attached hydrogens (tertiary/aromatic N) is 1. The summed E-state index contributed by atoms with van der Waals surface area (Å²) in [5, 5.41) is 2.93. The molecule has 0 unspecified atom stereocenters. The summed E-state index contributed by atoms with van der Waals surface area (Å²) in [5.74, 6) is -1.08. The highest BCUT2D eigenvalue weighted by Gasteiger charge is 2.26. The van der Waals surface area contributed by atoms with E-state index in [-0.39, 0.29) is 17.4 Å². The molecule has 4 rings (SSSR count). The molecule has 5 heteroatoms. The summed E-state index contributed by atoms with van der Waals surface area (Å²) in [7, 11) is 0. The van der Waals surface area contributed by atoms with Gasteiger partial charge in [0.1, 0.15) is 5.82 Å². The third kappa shape index (κ3) is 3.83. The van der Waals surface area contributed by atoms with Gasteiger partial charge in [-0.1, -0.05) is 18.2 Å². The maximum absolute atomic E-state index is 14.1. The lowest BCUT2D eigenvalue weighted by Gasteiger charge is -2.30. The fourth-order valence-electron chi connectivity index (χ4n) is 3.75. The fourth-order valence-corrected chi connectivity index (χ4v) is 3.75.